The summed E-state index contributed by atoms with van der Waals surface area (Å²) in [6, 6.07) is 18.0. The van der Waals surface area contributed by atoms with Crippen LogP contribution in [0.1, 0.15) is 34.3 Å². The summed E-state index contributed by atoms with van der Waals surface area (Å²) in [6.45, 7) is 0.986. The number of nitrogens with one attached hydrogen (secondary N) is 1. The first-order valence-electron chi connectivity index (χ1n) is 12.6. The second kappa shape index (κ2) is 9.77. The van der Waals surface area contributed by atoms with Crippen LogP contribution in [0, 0.1) is 0 Å². The van der Waals surface area contributed by atoms with E-state index < -0.39 is 11.7 Å². The van der Waals surface area contributed by atoms with E-state index in [1.54, 1.807) is 11.0 Å². The Kier molecular flexibility index (Phi) is 6.26. The Morgan fingerprint density at radius 3 is 2.49 bits per heavy atom. The molecule has 7 nitrogen and oxygen atoms in total. The molecule has 3 aromatic carbocycles. The molecule has 39 heavy (non-hydrogen) atoms. The Labute approximate surface area is 222 Å². The van der Waals surface area contributed by atoms with Crippen LogP contribution < -0.4 is 20.5 Å². The van der Waals surface area contributed by atoms with Gasteiger partial charge in [-0.15, -0.1) is 0 Å². The Bertz CT molecular complexity index is 1560. The van der Waals surface area contributed by atoms with Crippen molar-refractivity contribution >= 4 is 22.6 Å². The highest BCUT2D eigenvalue weighted by atomic mass is 19.4. The van der Waals surface area contributed by atoms with Crippen molar-refractivity contribution in [2.75, 3.05) is 18.7 Å². The van der Waals surface area contributed by atoms with E-state index in [-0.39, 0.29) is 25.4 Å². The molecule has 1 saturated heterocycles. The molecule has 1 atom stereocenters. The maximum Gasteiger partial charge on any atom is 0.416 e. The Hall–Kier alpha value is -4.31. The molecule has 0 bridgehead atoms. The Balaban J connectivity index is 1.35. The number of nitrogens with two attached hydrogens (primary N) is 1. The fourth-order valence-electron chi connectivity index (χ4n) is 4.95. The molecule has 0 radical (unpaired) electrons. The molecule has 3 N–H and O–H groups in total. The number of hydrogen-bond donors (Lipinski definition) is 2. The average Bonchev–Trinajstić information content (AvgIpc) is 3.59. The Morgan fingerprint density at radius 1 is 1.00 bits per heavy atom. The first kappa shape index (κ1) is 25.0. The number of hydrogen-bond acceptors (Lipinski definition) is 6. The lowest BCUT2D eigenvalue weighted by atomic mass is 9.99. The number of benzene rings is 3. The number of fused-ring (bicyclic) bond motifs is 2. The number of nitrogens with zero attached hydrogens (tertiary/aromatic N) is 2. The summed E-state index contributed by atoms with van der Waals surface area (Å²) in [4.78, 5) is 20.0. The fourth-order valence-corrected chi connectivity index (χ4v) is 4.95. The average molecular weight is 535 g/mol. The molecule has 2 aliphatic rings. The van der Waals surface area contributed by atoms with Crippen molar-refractivity contribution in [1.82, 2.24) is 9.88 Å². The van der Waals surface area contributed by atoms with E-state index in [4.69, 9.17) is 20.2 Å². The largest absolute Gasteiger partial charge is 0.454 e. The maximum absolute atomic E-state index is 13.7. The first-order valence-corrected chi connectivity index (χ1v) is 12.6. The van der Waals surface area contributed by atoms with Crippen LogP contribution in [0.4, 0.5) is 19.0 Å². The van der Waals surface area contributed by atoms with Gasteiger partial charge in [-0.25, -0.2) is 4.98 Å². The van der Waals surface area contributed by atoms with Gasteiger partial charge in [0.25, 0.3) is 5.91 Å². The zero-order valence-corrected chi connectivity index (χ0v) is 20.8. The van der Waals surface area contributed by atoms with E-state index in [2.05, 4.69) is 5.32 Å². The van der Waals surface area contributed by atoms with Gasteiger partial charge in [-0.05, 0) is 72.0 Å². The first-order chi connectivity index (χ1) is 18.8. The number of anilines is 1. The topological polar surface area (TPSA) is 89.7 Å². The molecule has 0 spiro atoms. The lowest BCUT2D eigenvalue weighted by Crippen LogP contribution is -2.41. The molecule has 3 heterocycles. The number of pyridine rings is 1. The minimum Gasteiger partial charge on any atom is -0.454 e. The molecule has 1 aromatic heterocycles. The number of halogens is 3. The molecule has 200 valence electrons. The molecule has 4 aromatic rings. The second-order valence-corrected chi connectivity index (χ2v) is 9.61. The van der Waals surface area contributed by atoms with Crippen LogP contribution >= 0.6 is 0 Å². The molecular formula is C29H25F3N4O3. The highest BCUT2D eigenvalue weighted by molar-refractivity contribution is 6.08. The van der Waals surface area contributed by atoms with E-state index in [0.29, 0.717) is 45.9 Å². The third-order valence-electron chi connectivity index (χ3n) is 7.06. The molecular weight excluding hydrogens is 509 g/mol. The third kappa shape index (κ3) is 4.95. The minimum absolute atomic E-state index is 0.178. The van der Waals surface area contributed by atoms with E-state index >= 15 is 0 Å². The summed E-state index contributed by atoms with van der Waals surface area (Å²) in [5.41, 5.74) is 9.01. The van der Waals surface area contributed by atoms with Crippen LogP contribution in [-0.2, 0) is 12.7 Å². The zero-order valence-electron chi connectivity index (χ0n) is 20.8. The van der Waals surface area contributed by atoms with E-state index in [1.807, 2.05) is 36.4 Å². The molecule has 0 unspecified atom stereocenters. The fraction of sp³-hybridized carbons (Fsp3) is 0.241. The predicted octanol–water partition coefficient (Wildman–Crippen LogP) is 5.78. The lowest BCUT2D eigenvalue weighted by molar-refractivity contribution is -0.137. The van der Waals surface area contributed by atoms with Crippen LogP contribution in [-0.4, -0.2) is 35.3 Å². The molecule has 0 aliphatic carbocycles. The van der Waals surface area contributed by atoms with Gasteiger partial charge >= 0.3 is 6.18 Å². The van der Waals surface area contributed by atoms with Gasteiger partial charge in [-0.2, -0.15) is 13.2 Å². The molecule has 1 fully saturated rings. The summed E-state index contributed by atoms with van der Waals surface area (Å²) in [5.74, 6) is 1.60. The van der Waals surface area contributed by atoms with Crippen LogP contribution in [0.2, 0.25) is 0 Å². The molecule has 0 saturated carbocycles. The monoisotopic (exact) mass is 534 g/mol. The molecule has 1 amide bonds. The predicted molar refractivity (Wildman–Crippen MR) is 140 cm³/mol. The standard InChI is InChI=1S/C29H25F3N4O3/c30-29(31,32)20-7-3-17(4-8-20)15-34-27-14-22(28(37)36-11-1-2-26(36)33)21-12-18(5-9-23(21)35-27)19-6-10-24-25(13-19)39-16-38-24/h3-10,12-14,26H,1-2,11,15-16,33H2,(H,34,35)/t26-/m0/s1. The van der Waals surface area contributed by atoms with Crippen molar-refractivity contribution in [2.45, 2.75) is 31.7 Å². The highest BCUT2D eigenvalue weighted by Gasteiger charge is 2.30. The minimum atomic E-state index is -4.39. The van der Waals surface area contributed by atoms with Gasteiger partial charge in [-0.1, -0.05) is 24.3 Å². The Morgan fingerprint density at radius 2 is 1.74 bits per heavy atom. The van der Waals surface area contributed by atoms with E-state index in [1.165, 1.54) is 12.1 Å². The number of likely N-dealkylation sites (tertiary alicyclic amines) is 1. The van der Waals surface area contributed by atoms with Gasteiger partial charge in [0.15, 0.2) is 11.5 Å². The van der Waals surface area contributed by atoms with Crippen LogP contribution in [0.5, 0.6) is 11.5 Å². The number of aromatic nitrogens is 1. The van der Waals surface area contributed by atoms with Crippen molar-refractivity contribution in [3.63, 3.8) is 0 Å². The van der Waals surface area contributed by atoms with Crippen molar-refractivity contribution in [2.24, 2.45) is 5.73 Å². The maximum atomic E-state index is 13.7. The van der Waals surface area contributed by atoms with Gasteiger partial charge in [-0.3, -0.25) is 4.79 Å². The number of alkyl halides is 3. The van der Waals surface area contributed by atoms with Gasteiger partial charge < -0.3 is 25.4 Å². The smallest absolute Gasteiger partial charge is 0.416 e. The summed E-state index contributed by atoms with van der Waals surface area (Å²) in [7, 11) is 0. The number of carbonyl (C=O) groups excluding carboxylic acids is 1. The third-order valence-corrected chi connectivity index (χ3v) is 7.06. The van der Waals surface area contributed by atoms with Crippen molar-refractivity contribution in [3.05, 3.63) is 83.4 Å². The van der Waals surface area contributed by atoms with Gasteiger partial charge in [0.05, 0.1) is 22.8 Å². The summed E-state index contributed by atoms with van der Waals surface area (Å²) < 4.78 is 49.7. The second-order valence-electron chi connectivity index (χ2n) is 9.61. The SMILES string of the molecule is N[C@@H]1CCCN1C(=O)c1cc(NCc2ccc(C(F)(F)F)cc2)nc2ccc(-c3ccc4c(c3)OCO4)cc12. The van der Waals surface area contributed by atoms with Crippen molar-refractivity contribution in [1.29, 1.82) is 0 Å². The summed E-state index contributed by atoms with van der Waals surface area (Å²) in [6.07, 6.45) is -3.19. The van der Waals surface area contributed by atoms with E-state index in [0.717, 1.165) is 36.1 Å². The van der Waals surface area contributed by atoms with Gasteiger partial charge in [0.2, 0.25) is 6.79 Å². The van der Waals surface area contributed by atoms with Crippen LogP contribution in [0.25, 0.3) is 22.0 Å². The molecule has 10 heteroatoms. The highest BCUT2D eigenvalue weighted by Crippen LogP contribution is 2.37. The number of amides is 1. The normalized spacial score (nSPS) is 16.6. The lowest BCUT2D eigenvalue weighted by Gasteiger charge is -2.22. The molecule has 6 rings (SSSR count). The van der Waals surface area contributed by atoms with Gasteiger partial charge in [0, 0.05) is 18.5 Å². The van der Waals surface area contributed by atoms with Crippen LogP contribution in [0.15, 0.2) is 66.7 Å². The number of rotatable bonds is 5. The number of ether oxygens (including phenoxy) is 2. The number of carbonyl (C=O) groups is 1. The quantitative estimate of drug-likeness (QED) is 0.337. The summed E-state index contributed by atoms with van der Waals surface area (Å²) in [5, 5.41) is 3.83. The van der Waals surface area contributed by atoms with E-state index in [9.17, 15) is 18.0 Å². The van der Waals surface area contributed by atoms with Crippen molar-refractivity contribution in [3.8, 4) is 22.6 Å². The van der Waals surface area contributed by atoms with Crippen LogP contribution in [0.3, 0.4) is 0 Å². The molecule has 2 aliphatic heterocycles. The summed E-state index contributed by atoms with van der Waals surface area (Å²) >= 11 is 0. The van der Waals surface area contributed by atoms with Crippen molar-refractivity contribution < 1.29 is 27.4 Å². The zero-order chi connectivity index (χ0) is 27.1. The van der Waals surface area contributed by atoms with Gasteiger partial charge in [0.1, 0.15) is 5.82 Å².